The van der Waals surface area contributed by atoms with Crippen molar-refractivity contribution < 1.29 is 4.74 Å². The lowest BCUT2D eigenvalue weighted by Gasteiger charge is -2.26. The quantitative estimate of drug-likeness (QED) is 0.418. The van der Waals surface area contributed by atoms with Gasteiger partial charge in [0, 0.05) is 19.7 Å². The number of aryl methyl sites for hydroxylation is 1. The van der Waals surface area contributed by atoms with Gasteiger partial charge in [-0.05, 0) is 26.2 Å². The van der Waals surface area contributed by atoms with Gasteiger partial charge in [0.05, 0.1) is 12.6 Å². The fourth-order valence-corrected chi connectivity index (χ4v) is 3.15. The minimum Gasteiger partial charge on any atom is -0.379 e. The molecule has 0 amide bonds. The molecule has 2 N–H and O–H groups in total. The van der Waals surface area contributed by atoms with E-state index < -0.39 is 0 Å². The Kier molecular flexibility index (Phi) is 7.73. The maximum absolute atomic E-state index is 5.46. The van der Waals surface area contributed by atoms with Crippen molar-refractivity contribution >= 4 is 29.9 Å². The Bertz CT molecular complexity index is 535. The number of aliphatic imine (C=N–C) groups is 1. The van der Waals surface area contributed by atoms with E-state index in [1.54, 1.807) is 0 Å². The predicted molar refractivity (Wildman–Crippen MR) is 105 cm³/mol. The minimum absolute atomic E-state index is 0. The Hall–Kier alpha value is -0.900. The van der Waals surface area contributed by atoms with Crippen LogP contribution in [-0.2, 0) is 18.3 Å². The average Bonchev–Trinajstić information content (AvgIpc) is 3.18. The third-order valence-corrected chi connectivity index (χ3v) is 4.78. The second kappa shape index (κ2) is 9.55. The summed E-state index contributed by atoms with van der Waals surface area (Å²) in [6, 6.07) is 0.879. The molecule has 0 radical (unpaired) electrons. The maximum atomic E-state index is 5.46. The maximum Gasteiger partial charge on any atom is 0.192 e. The van der Waals surface area contributed by atoms with E-state index in [4.69, 9.17) is 9.73 Å². The summed E-state index contributed by atoms with van der Waals surface area (Å²) in [7, 11) is 1.98. The summed E-state index contributed by atoms with van der Waals surface area (Å²) < 4.78 is 7.45. The molecule has 2 heterocycles. The first-order valence-electron chi connectivity index (χ1n) is 8.72. The fourth-order valence-electron chi connectivity index (χ4n) is 3.15. The molecule has 1 unspecified atom stereocenters. The number of hydrogen-bond donors (Lipinski definition) is 2. The van der Waals surface area contributed by atoms with Crippen molar-refractivity contribution in [3.8, 4) is 0 Å². The third kappa shape index (κ3) is 5.30. The number of nitrogens with one attached hydrogen (secondary N) is 2. The Morgan fingerprint density at radius 1 is 1.17 bits per heavy atom. The molecule has 7 nitrogen and oxygen atoms in total. The molecule has 2 fully saturated rings. The molecule has 0 bridgehead atoms. The van der Waals surface area contributed by atoms with Gasteiger partial charge >= 0.3 is 0 Å². The van der Waals surface area contributed by atoms with Gasteiger partial charge in [0.2, 0.25) is 0 Å². The van der Waals surface area contributed by atoms with Gasteiger partial charge in [0.1, 0.15) is 12.4 Å². The molecule has 3 rings (SSSR count). The van der Waals surface area contributed by atoms with E-state index in [0.717, 1.165) is 37.2 Å². The topological polar surface area (TPSA) is 76.4 Å². The molecular weight excluding hydrogens is 419 g/mol. The van der Waals surface area contributed by atoms with Crippen molar-refractivity contribution in [3.05, 3.63) is 11.6 Å². The van der Waals surface area contributed by atoms with Crippen molar-refractivity contribution in [3.63, 3.8) is 0 Å². The number of rotatable bonds is 4. The first kappa shape index (κ1) is 19.4. The molecule has 8 heteroatoms. The van der Waals surface area contributed by atoms with Crippen LogP contribution in [0.1, 0.15) is 50.2 Å². The van der Waals surface area contributed by atoms with E-state index >= 15 is 0 Å². The zero-order chi connectivity index (χ0) is 16.1. The van der Waals surface area contributed by atoms with Gasteiger partial charge in [0.25, 0.3) is 0 Å². The second-order valence-electron chi connectivity index (χ2n) is 6.57. The van der Waals surface area contributed by atoms with Crippen LogP contribution in [0.25, 0.3) is 0 Å². The molecule has 1 aliphatic heterocycles. The number of guanidine groups is 1. The van der Waals surface area contributed by atoms with Gasteiger partial charge in [0.15, 0.2) is 11.8 Å². The molecule has 0 aromatic carbocycles. The molecule has 1 atom stereocenters. The first-order valence-corrected chi connectivity index (χ1v) is 8.72. The molecule has 136 valence electrons. The Balaban J connectivity index is 0.00000208. The molecule has 1 aromatic heterocycles. The van der Waals surface area contributed by atoms with Gasteiger partial charge in [-0.2, -0.15) is 0 Å². The Morgan fingerprint density at radius 2 is 1.92 bits per heavy atom. The van der Waals surface area contributed by atoms with Gasteiger partial charge < -0.3 is 19.9 Å². The smallest absolute Gasteiger partial charge is 0.192 e. The van der Waals surface area contributed by atoms with Crippen LogP contribution in [0.4, 0.5) is 0 Å². The van der Waals surface area contributed by atoms with Crippen LogP contribution in [-0.4, -0.2) is 46.0 Å². The van der Waals surface area contributed by atoms with Gasteiger partial charge in [-0.15, -0.1) is 34.2 Å². The molecule has 2 aliphatic rings. The van der Waals surface area contributed by atoms with E-state index in [2.05, 4.69) is 20.8 Å². The normalized spacial score (nSPS) is 22.2. The molecular formula is C16H29IN6O. The van der Waals surface area contributed by atoms with Crippen molar-refractivity contribution in [2.75, 3.05) is 13.2 Å². The molecule has 1 aromatic rings. The standard InChI is InChI=1S/C16H28N6O.HI/c1-12-20-21-15(22(12)2)10-17-16(19-14-8-9-23-11-14)18-13-6-4-3-5-7-13;/h13-14H,3-11H2,1-2H3,(H2,17,18,19);1H. The van der Waals surface area contributed by atoms with Crippen molar-refractivity contribution in [1.29, 1.82) is 0 Å². The highest BCUT2D eigenvalue weighted by molar-refractivity contribution is 14.0. The molecule has 0 spiro atoms. The summed E-state index contributed by atoms with van der Waals surface area (Å²) in [5.74, 6) is 2.68. The van der Waals surface area contributed by atoms with E-state index in [9.17, 15) is 0 Å². The number of aromatic nitrogens is 3. The first-order chi connectivity index (χ1) is 11.2. The SMILES string of the molecule is Cc1nnc(CN=C(NC2CCCCC2)NC2CCOC2)n1C.I. The highest BCUT2D eigenvalue weighted by Crippen LogP contribution is 2.17. The van der Waals surface area contributed by atoms with Crippen LogP contribution >= 0.6 is 24.0 Å². The number of hydrogen-bond acceptors (Lipinski definition) is 4. The van der Waals surface area contributed by atoms with E-state index in [1.807, 2.05) is 18.5 Å². The van der Waals surface area contributed by atoms with Crippen LogP contribution in [0.3, 0.4) is 0 Å². The monoisotopic (exact) mass is 448 g/mol. The lowest BCUT2D eigenvalue weighted by atomic mass is 9.96. The van der Waals surface area contributed by atoms with Crippen LogP contribution in [0, 0.1) is 6.92 Å². The van der Waals surface area contributed by atoms with E-state index in [1.165, 1.54) is 32.1 Å². The van der Waals surface area contributed by atoms with E-state index in [0.29, 0.717) is 18.6 Å². The van der Waals surface area contributed by atoms with Crippen molar-refractivity contribution in [2.45, 2.75) is 64.1 Å². The Morgan fingerprint density at radius 3 is 2.54 bits per heavy atom. The lowest BCUT2D eigenvalue weighted by molar-refractivity contribution is 0.192. The van der Waals surface area contributed by atoms with E-state index in [-0.39, 0.29) is 24.0 Å². The van der Waals surface area contributed by atoms with Gasteiger partial charge in [-0.1, -0.05) is 19.3 Å². The summed E-state index contributed by atoms with van der Waals surface area (Å²) in [5.41, 5.74) is 0. The molecule has 24 heavy (non-hydrogen) atoms. The zero-order valence-electron chi connectivity index (χ0n) is 14.6. The molecule has 1 saturated carbocycles. The third-order valence-electron chi connectivity index (χ3n) is 4.78. The van der Waals surface area contributed by atoms with Gasteiger partial charge in [-0.25, -0.2) is 4.99 Å². The summed E-state index contributed by atoms with van der Waals surface area (Å²) in [4.78, 5) is 4.74. The van der Waals surface area contributed by atoms with Crippen LogP contribution < -0.4 is 10.6 Å². The van der Waals surface area contributed by atoms with Crippen LogP contribution in [0.15, 0.2) is 4.99 Å². The highest BCUT2D eigenvalue weighted by Gasteiger charge is 2.20. The molecule has 1 aliphatic carbocycles. The number of halogens is 1. The van der Waals surface area contributed by atoms with Crippen LogP contribution in [0.5, 0.6) is 0 Å². The summed E-state index contributed by atoms with van der Waals surface area (Å²) in [5, 5.41) is 15.4. The van der Waals surface area contributed by atoms with Gasteiger partial charge in [-0.3, -0.25) is 0 Å². The number of ether oxygens (including phenoxy) is 1. The minimum atomic E-state index is 0. The van der Waals surface area contributed by atoms with Crippen molar-refractivity contribution in [1.82, 2.24) is 25.4 Å². The summed E-state index contributed by atoms with van der Waals surface area (Å²) in [6.07, 6.45) is 7.46. The zero-order valence-corrected chi connectivity index (χ0v) is 17.0. The highest BCUT2D eigenvalue weighted by atomic mass is 127. The molecule has 1 saturated heterocycles. The number of nitrogens with zero attached hydrogens (tertiary/aromatic N) is 4. The predicted octanol–water partition coefficient (Wildman–Crippen LogP) is 1.90. The second-order valence-corrected chi connectivity index (χ2v) is 6.57. The summed E-state index contributed by atoms with van der Waals surface area (Å²) in [6.45, 7) is 4.08. The van der Waals surface area contributed by atoms with Crippen molar-refractivity contribution in [2.24, 2.45) is 12.0 Å². The largest absolute Gasteiger partial charge is 0.379 e. The average molecular weight is 448 g/mol. The van der Waals surface area contributed by atoms with Crippen LogP contribution in [0.2, 0.25) is 0 Å². The fraction of sp³-hybridized carbons (Fsp3) is 0.812. The Labute approximate surface area is 161 Å². The lowest BCUT2D eigenvalue weighted by Crippen LogP contribution is -2.48. The summed E-state index contributed by atoms with van der Waals surface area (Å²) >= 11 is 0.